The predicted octanol–water partition coefficient (Wildman–Crippen LogP) is 8.25. The van der Waals surface area contributed by atoms with E-state index in [1.54, 1.807) is 84.8 Å². The number of anilines is 3. The minimum atomic E-state index is -4.33. The number of carbonyl (C=O) groups is 1. The minimum absolute atomic E-state index is 0.312. The van der Waals surface area contributed by atoms with Crippen LogP contribution in [0, 0.1) is 5.41 Å². The van der Waals surface area contributed by atoms with Crippen LogP contribution in [0.5, 0.6) is 11.5 Å². The second-order valence-electron chi connectivity index (χ2n) is 12.1. The molecule has 0 aromatic heterocycles. The van der Waals surface area contributed by atoms with Crippen molar-refractivity contribution in [2.24, 2.45) is 5.41 Å². The topological polar surface area (TPSA) is 88.5 Å². The predicted molar refractivity (Wildman–Crippen MR) is 179 cm³/mol. The highest BCUT2D eigenvalue weighted by Crippen LogP contribution is 2.55. The summed E-state index contributed by atoms with van der Waals surface area (Å²) in [6.45, 7) is 6.42. The number of halogens is 1. The van der Waals surface area contributed by atoms with Gasteiger partial charge in [-0.25, -0.2) is 0 Å². The maximum absolute atomic E-state index is 14.6. The first-order valence-electron chi connectivity index (χ1n) is 14.6. The molecule has 10 heteroatoms. The summed E-state index contributed by atoms with van der Waals surface area (Å²) >= 11 is 6.55. The lowest BCUT2D eigenvalue weighted by Crippen LogP contribution is -2.45. The summed E-state index contributed by atoms with van der Waals surface area (Å²) in [5.74, 6) is 0.481. The van der Waals surface area contributed by atoms with Gasteiger partial charge in [0.15, 0.2) is 11.5 Å². The Morgan fingerprint density at radius 3 is 2.07 bits per heavy atom. The van der Waals surface area contributed by atoms with E-state index in [0.717, 1.165) is 0 Å². The van der Waals surface area contributed by atoms with Gasteiger partial charge >= 0.3 is 7.52 Å². The van der Waals surface area contributed by atoms with E-state index in [4.69, 9.17) is 25.8 Å². The SMILES string of the molecule is COc1cccc([C@H]2O[C@H](CP(=O)(O)N(c3ccccc3)c3ccccc3)C(=O)N(CC(C)(C)C)c3ccc(Cl)cc32)c1OC. The smallest absolute Gasteiger partial charge is 0.301 e. The monoisotopic (exact) mass is 648 g/mol. The third-order valence-electron chi connectivity index (χ3n) is 7.47. The Labute approximate surface area is 269 Å². The van der Waals surface area contributed by atoms with Gasteiger partial charge in [0.1, 0.15) is 12.2 Å². The second kappa shape index (κ2) is 13.3. The molecule has 0 fully saturated rings. The lowest BCUT2D eigenvalue weighted by Gasteiger charge is -2.34. The van der Waals surface area contributed by atoms with Crippen molar-refractivity contribution in [3.8, 4) is 11.5 Å². The van der Waals surface area contributed by atoms with Gasteiger partial charge in [-0.15, -0.1) is 0 Å². The maximum Gasteiger partial charge on any atom is 0.301 e. The molecule has 8 nitrogen and oxygen atoms in total. The van der Waals surface area contributed by atoms with Gasteiger partial charge in [-0.2, -0.15) is 0 Å². The largest absolute Gasteiger partial charge is 0.493 e. The van der Waals surface area contributed by atoms with E-state index in [1.165, 1.54) is 11.8 Å². The first-order chi connectivity index (χ1) is 21.4. The van der Waals surface area contributed by atoms with Crippen molar-refractivity contribution < 1.29 is 28.5 Å². The van der Waals surface area contributed by atoms with Crippen LogP contribution in [0.1, 0.15) is 38.0 Å². The van der Waals surface area contributed by atoms with Crippen LogP contribution in [0.2, 0.25) is 5.02 Å². The Morgan fingerprint density at radius 2 is 1.51 bits per heavy atom. The molecule has 5 rings (SSSR count). The number of hydrogen-bond acceptors (Lipinski definition) is 5. The molecule has 0 saturated carbocycles. The Hall–Kier alpha value is -3.81. The molecule has 3 atom stereocenters. The summed E-state index contributed by atoms with van der Waals surface area (Å²) in [4.78, 5) is 28.1. The number of ether oxygens (including phenoxy) is 3. The van der Waals surface area contributed by atoms with E-state index >= 15 is 0 Å². The fraction of sp³-hybridized carbons (Fsp3) is 0.286. The first kappa shape index (κ1) is 32.6. The minimum Gasteiger partial charge on any atom is -0.493 e. The molecule has 0 aliphatic carbocycles. The Morgan fingerprint density at radius 1 is 0.889 bits per heavy atom. The molecular weight excluding hydrogens is 611 g/mol. The molecule has 0 bridgehead atoms. The average molecular weight is 649 g/mol. The summed E-state index contributed by atoms with van der Waals surface area (Å²) < 4.78 is 34.0. The van der Waals surface area contributed by atoms with Gasteiger partial charge in [-0.05, 0) is 53.9 Å². The van der Waals surface area contributed by atoms with Crippen LogP contribution >= 0.6 is 19.1 Å². The number of hydrogen-bond donors (Lipinski definition) is 1. The van der Waals surface area contributed by atoms with E-state index in [-0.39, 0.29) is 5.41 Å². The zero-order chi connectivity index (χ0) is 32.4. The molecule has 1 amide bonds. The van der Waals surface area contributed by atoms with Crippen molar-refractivity contribution in [2.75, 3.05) is 36.5 Å². The third-order valence-corrected chi connectivity index (χ3v) is 9.60. The number of nitrogens with zero attached hydrogens (tertiary/aromatic N) is 2. The highest BCUT2D eigenvalue weighted by Gasteiger charge is 2.44. The molecule has 1 unspecified atom stereocenters. The van der Waals surface area contributed by atoms with Gasteiger partial charge in [-0.1, -0.05) is 80.9 Å². The number of para-hydroxylation sites is 3. The van der Waals surface area contributed by atoms with E-state index in [0.29, 0.717) is 51.3 Å². The molecule has 1 heterocycles. The van der Waals surface area contributed by atoms with Crippen LogP contribution in [0.15, 0.2) is 97.1 Å². The summed E-state index contributed by atoms with van der Waals surface area (Å²) in [6, 6.07) is 28.6. The fourth-order valence-electron chi connectivity index (χ4n) is 5.63. The van der Waals surface area contributed by atoms with Crippen LogP contribution in [0.3, 0.4) is 0 Å². The van der Waals surface area contributed by atoms with E-state index in [2.05, 4.69) is 0 Å². The fourth-order valence-corrected chi connectivity index (χ4v) is 7.64. The van der Waals surface area contributed by atoms with Gasteiger partial charge in [0.25, 0.3) is 5.91 Å². The van der Waals surface area contributed by atoms with Gasteiger partial charge in [0, 0.05) is 39.8 Å². The van der Waals surface area contributed by atoms with Crippen molar-refractivity contribution in [3.63, 3.8) is 0 Å². The number of amides is 1. The summed E-state index contributed by atoms with van der Waals surface area (Å²) in [5.41, 5.74) is 2.54. The van der Waals surface area contributed by atoms with E-state index in [9.17, 15) is 14.3 Å². The van der Waals surface area contributed by atoms with Crippen LogP contribution in [0.4, 0.5) is 17.1 Å². The van der Waals surface area contributed by atoms with E-state index < -0.39 is 31.8 Å². The van der Waals surface area contributed by atoms with Crippen molar-refractivity contribution >= 4 is 42.1 Å². The molecule has 0 saturated heterocycles. The molecule has 4 aromatic rings. The molecule has 1 aliphatic heterocycles. The number of benzene rings is 4. The van der Waals surface area contributed by atoms with Crippen molar-refractivity contribution in [3.05, 3.63) is 113 Å². The summed E-state index contributed by atoms with van der Waals surface area (Å²) in [5, 5.41) is 0.456. The first-order valence-corrected chi connectivity index (χ1v) is 16.8. The van der Waals surface area contributed by atoms with Crippen LogP contribution in [-0.4, -0.2) is 43.8 Å². The molecule has 4 aromatic carbocycles. The quantitative estimate of drug-likeness (QED) is 0.183. The Bertz CT molecular complexity index is 1660. The molecule has 45 heavy (non-hydrogen) atoms. The summed E-state index contributed by atoms with van der Waals surface area (Å²) in [6.07, 6.45) is -2.68. The standard InChI is InChI=1S/C35H38ClN2O6P/c1-35(2,3)23-37-29-20-19-24(36)21-28(29)32(27-17-12-18-30(42-4)33(27)43-5)44-31(34(37)39)22-45(40,41)38(25-13-8-6-9-14-25)26-15-10-7-11-16-26/h6-21,31-32H,22-23H2,1-5H3,(H,40,41)/t31-,32-/m1/s1. The second-order valence-corrected chi connectivity index (χ2v) is 14.6. The van der Waals surface area contributed by atoms with Crippen molar-refractivity contribution in [2.45, 2.75) is 33.0 Å². The van der Waals surface area contributed by atoms with Crippen LogP contribution in [-0.2, 0) is 14.1 Å². The third kappa shape index (κ3) is 7.05. The van der Waals surface area contributed by atoms with Gasteiger partial charge in [0.05, 0.1) is 20.4 Å². The number of carbonyl (C=O) groups excluding carboxylic acids is 1. The summed E-state index contributed by atoms with van der Waals surface area (Å²) in [7, 11) is -1.25. The highest BCUT2D eigenvalue weighted by molar-refractivity contribution is 7.60. The normalized spacial score (nSPS) is 18.0. The molecule has 0 radical (unpaired) electrons. The van der Waals surface area contributed by atoms with Crippen molar-refractivity contribution in [1.82, 2.24) is 0 Å². The Balaban J connectivity index is 1.68. The lowest BCUT2D eigenvalue weighted by atomic mass is 9.94. The molecular formula is C35H38ClN2O6P. The zero-order valence-corrected chi connectivity index (χ0v) is 27.7. The van der Waals surface area contributed by atoms with E-state index in [1.807, 2.05) is 45.0 Å². The number of rotatable bonds is 9. The highest BCUT2D eigenvalue weighted by atomic mass is 35.5. The molecule has 1 N–H and O–H groups in total. The van der Waals surface area contributed by atoms with Crippen LogP contribution < -0.4 is 19.0 Å². The average Bonchev–Trinajstić information content (AvgIpc) is 3.11. The van der Waals surface area contributed by atoms with Crippen LogP contribution in [0.25, 0.3) is 0 Å². The lowest BCUT2D eigenvalue weighted by molar-refractivity contribution is -0.130. The number of methoxy groups -OCH3 is 2. The van der Waals surface area contributed by atoms with Gasteiger partial charge in [-0.3, -0.25) is 14.0 Å². The number of fused-ring (bicyclic) bond motifs is 1. The maximum atomic E-state index is 14.6. The molecule has 0 spiro atoms. The molecule has 236 valence electrons. The van der Waals surface area contributed by atoms with Gasteiger partial charge in [0.2, 0.25) is 0 Å². The zero-order valence-electron chi connectivity index (χ0n) is 26.0. The Kier molecular flexibility index (Phi) is 9.61. The van der Waals surface area contributed by atoms with Gasteiger partial charge < -0.3 is 24.0 Å². The van der Waals surface area contributed by atoms with Crippen molar-refractivity contribution in [1.29, 1.82) is 0 Å². The molecule has 1 aliphatic rings.